The summed E-state index contributed by atoms with van der Waals surface area (Å²) in [4.78, 5) is 0. The zero-order chi connectivity index (χ0) is 13.1. The third-order valence-corrected chi connectivity index (χ3v) is 2.81. The molecule has 0 saturated carbocycles. The summed E-state index contributed by atoms with van der Waals surface area (Å²) >= 11 is 0. The second kappa shape index (κ2) is 5.30. The van der Waals surface area contributed by atoms with Crippen molar-refractivity contribution >= 4 is 22.1 Å². The average Bonchev–Trinajstić information content (AvgIpc) is 2.29. The maximum Gasteiger partial charge on any atom is 0.0422 e. The van der Waals surface area contributed by atoms with Gasteiger partial charge in [0.15, 0.2) is 0 Å². The quantitative estimate of drug-likeness (QED) is 0.826. The first-order valence-electron chi connectivity index (χ1n) is 6.62. The highest BCUT2D eigenvalue weighted by Gasteiger charge is 2.06. The largest absolute Gasteiger partial charge is 0.382 e. The van der Waals surface area contributed by atoms with Gasteiger partial charge >= 0.3 is 0 Å². The maximum atomic E-state index is 3.50. The number of fused-ring (bicyclic) bond motifs is 1. The van der Waals surface area contributed by atoms with Gasteiger partial charge in [0.25, 0.3) is 0 Å². The van der Waals surface area contributed by atoms with Crippen molar-refractivity contribution in [2.45, 2.75) is 39.8 Å². The molecule has 0 fully saturated rings. The van der Waals surface area contributed by atoms with Crippen molar-refractivity contribution in [3.8, 4) is 0 Å². The van der Waals surface area contributed by atoms with E-state index in [1.165, 1.54) is 22.1 Å². The Balaban J connectivity index is 2.50. The predicted octanol–water partition coefficient (Wildman–Crippen LogP) is 4.48. The molecule has 0 bridgehead atoms. The second-order valence-electron chi connectivity index (χ2n) is 5.30. The van der Waals surface area contributed by atoms with Crippen molar-refractivity contribution in [1.29, 1.82) is 0 Å². The molecule has 0 atom stereocenters. The molecule has 2 N–H and O–H groups in total. The molecule has 2 aromatic rings. The summed E-state index contributed by atoms with van der Waals surface area (Å²) < 4.78 is 0. The lowest BCUT2D eigenvalue weighted by Crippen LogP contribution is -2.11. The van der Waals surface area contributed by atoms with E-state index in [1.54, 1.807) is 0 Å². The molecule has 0 saturated heterocycles. The Bertz CT molecular complexity index is 480. The highest BCUT2D eigenvalue weighted by Crippen LogP contribution is 2.29. The van der Waals surface area contributed by atoms with Crippen molar-refractivity contribution in [2.75, 3.05) is 10.6 Å². The summed E-state index contributed by atoms with van der Waals surface area (Å²) in [6.45, 7) is 8.65. The van der Waals surface area contributed by atoms with Gasteiger partial charge < -0.3 is 10.6 Å². The molecule has 0 heterocycles. The van der Waals surface area contributed by atoms with Gasteiger partial charge in [0.1, 0.15) is 0 Å². The van der Waals surface area contributed by atoms with Crippen molar-refractivity contribution < 1.29 is 0 Å². The van der Waals surface area contributed by atoms with Gasteiger partial charge in [0, 0.05) is 34.2 Å². The van der Waals surface area contributed by atoms with Crippen molar-refractivity contribution in [3.05, 3.63) is 36.4 Å². The average molecular weight is 242 g/mol. The summed E-state index contributed by atoms with van der Waals surface area (Å²) in [5.41, 5.74) is 2.41. The standard InChI is InChI=1S/C16H22N2/c1-11(2)17-15-9-5-8-14-13(15)7-6-10-16(14)18-12(3)4/h5-12,17-18H,1-4H3. The van der Waals surface area contributed by atoms with E-state index in [0.717, 1.165) is 0 Å². The Labute approximate surface area is 109 Å². The summed E-state index contributed by atoms with van der Waals surface area (Å²) in [7, 11) is 0. The van der Waals surface area contributed by atoms with Crippen LogP contribution in [0.25, 0.3) is 10.8 Å². The van der Waals surface area contributed by atoms with E-state index in [4.69, 9.17) is 0 Å². The normalized spacial score (nSPS) is 11.2. The summed E-state index contributed by atoms with van der Waals surface area (Å²) in [5, 5.41) is 9.55. The Kier molecular flexibility index (Phi) is 3.75. The van der Waals surface area contributed by atoms with E-state index >= 15 is 0 Å². The molecule has 0 aliphatic carbocycles. The smallest absolute Gasteiger partial charge is 0.0422 e. The summed E-state index contributed by atoms with van der Waals surface area (Å²) in [6.07, 6.45) is 0. The van der Waals surface area contributed by atoms with E-state index in [2.05, 4.69) is 74.7 Å². The molecule has 0 aliphatic rings. The zero-order valence-electron chi connectivity index (χ0n) is 11.6. The van der Waals surface area contributed by atoms with Crippen LogP contribution in [0.4, 0.5) is 11.4 Å². The van der Waals surface area contributed by atoms with Gasteiger partial charge in [-0.3, -0.25) is 0 Å². The van der Waals surface area contributed by atoms with Gasteiger partial charge in [-0.15, -0.1) is 0 Å². The van der Waals surface area contributed by atoms with Crippen molar-refractivity contribution in [3.63, 3.8) is 0 Å². The number of hydrogen-bond donors (Lipinski definition) is 2. The minimum absolute atomic E-state index is 0.442. The van der Waals surface area contributed by atoms with Gasteiger partial charge in [-0.1, -0.05) is 24.3 Å². The Morgan fingerprint density at radius 1 is 0.667 bits per heavy atom. The van der Waals surface area contributed by atoms with Gasteiger partial charge in [0.2, 0.25) is 0 Å². The molecule has 2 nitrogen and oxygen atoms in total. The number of benzene rings is 2. The van der Waals surface area contributed by atoms with Gasteiger partial charge in [-0.25, -0.2) is 0 Å². The van der Waals surface area contributed by atoms with Crippen LogP contribution in [0.3, 0.4) is 0 Å². The Morgan fingerprint density at radius 3 is 1.39 bits per heavy atom. The maximum absolute atomic E-state index is 3.50. The third kappa shape index (κ3) is 2.76. The number of anilines is 2. The van der Waals surface area contributed by atoms with Crippen LogP contribution >= 0.6 is 0 Å². The van der Waals surface area contributed by atoms with Crippen LogP contribution in [0.15, 0.2) is 36.4 Å². The molecule has 18 heavy (non-hydrogen) atoms. The molecule has 0 radical (unpaired) electrons. The van der Waals surface area contributed by atoms with E-state index in [0.29, 0.717) is 12.1 Å². The summed E-state index contributed by atoms with van der Waals surface area (Å²) in [5.74, 6) is 0. The number of hydrogen-bond acceptors (Lipinski definition) is 2. The minimum Gasteiger partial charge on any atom is -0.382 e. The minimum atomic E-state index is 0.442. The first-order valence-corrected chi connectivity index (χ1v) is 6.62. The lowest BCUT2D eigenvalue weighted by atomic mass is 10.1. The molecule has 2 heteroatoms. The fourth-order valence-corrected chi connectivity index (χ4v) is 2.18. The predicted molar refractivity (Wildman–Crippen MR) is 81.5 cm³/mol. The molecule has 2 rings (SSSR count). The van der Waals surface area contributed by atoms with Gasteiger partial charge in [-0.05, 0) is 39.8 Å². The lowest BCUT2D eigenvalue weighted by molar-refractivity contribution is 0.900. The van der Waals surface area contributed by atoms with Crippen LogP contribution in [-0.4, -0.2) is 12.1 Å². The SMILES string of the molecule is CC(C)Nc1cccc2c(NC(C)C)cccc12. The fraction of sp³-hybridized carbons (Fsp3) is 0.375. The van der Waals surface area contributed by atoms with Crippen LogP contribution in [0.5, 0.6) is 0 Å². The third-order valence-electron chi connectivity index (χ3n) is 2.81. The molecule has 0 amide bonds. The van der Waals surface area contributed by atoms with E-state index in [-0.39, 0.29) is 0 Å². The highest BCUT2D eigenvalue weighted by molar-refractivity contribution is 6.01. The summed E-state index contributed by atoms with van der Waals surface area (Å²) in [6, 6.07) is 13.7. The lowest BCUT2D eigenvalue weighted by Gasteiger charge is -2.16. The molecule has 2 aromatic carbocycles. The van der Waals surface area contributed by atoms with Crippen molar-refractivity contribution in [2.24, 2.45) is 0 Å². The Morgan fingerprint density at radius 2 is 1.06 bits per heavy atom. The van der Waals surface area contributed by atoms with E-state index < -0.39 is 0 Å². The van der Waals surface area contributed by atoms with Crippen LogP contribution < -0.4 is 10.6 Å². The van der Waals surface area contributed by atoms with Gasteiger partial charge in [0.05, 0.1) is 0 Å². The first-order chi connectivity index (χ1) is 8.58. The molecule has 0 spiro atoms. The van der Waals surface area contributed by atoms with E-state index in [1.807, 2.05) is 0 Å². The van der Waals surface area contributed by atoms with Crippen molar-refractivity contribution in [1.82, 2.24) is 0 Å². The van der Waals surface area contributed by atoms with E-state index in [9.17, 15) is 0 Å². The zero-order valence-corrected chi connectivity index (χ0v) is 11.6. The molecule has 96 valence electrons. The topological polar surface area (TPSA) is 24.1 Å². The van der Waals surface area contributed by atoms with Crippen LogP contribution in [0.2, 0.25) is 0 Å². The first kappa shape index (κ1) is 12.7. The second-order valence-corrected chi connectivity index (χ2v) is 5.30. The monoisotopic (exact) mass is 242 g/mol. The molecular formula is C16H22N2. The molecule has 0 unspecified atom stereocenters. The van der Waals surface area contributed by atoms with Crippen LogP contribution in [-0.2, 0) is 0 Å². The van der Waals surface area contributed by atoms with Crippen LogP contribution in [0, 0.1) is 0 Å². The van der Waals surface area contributed by atoms with Crippen LogP contribution in [0.1, 0.15) is 27.7 Å². The molecule has 0 aromatic heterocycles. The fourth-order valence-electron chi connectivity index (χ4n) is 2.18. The Hall–Kier alpha value is -1.70. The van der Waals surface area contributed by atoms with Gasteiger partial charge in [-0.2, -0.15) is 0 Å². The number of nitrogens with one attached hydrogen (secondary N) is 2. The highest BCUT2D eigenvalue weighted by atomic mass is 14.9. The molecular weight excluding hydrogens is 220 g/mol. The number of rotatable bonds is 4. The molecule has 0 aliphatic heterocycles.